The molecule has 182 valence electrons. The predicted molar refractivity (Wildman–Crippen MR) is 138 cm³/mol. The summed E-state index contributed by atoms with van der Waals surface area (Å²) in [6, 6.07) is 15.4. The van der Waals surface area contributed by atoms with E-state index in [-0.39, 0.29) is 6.03 Å². The Morgan fingerprint density at radius 2 is 1.94 bits per heavy atom. The Kier molecular flexibility index (Phi) is 7.15. The molecule has 1 saturated heterocycles. The van der Waals surface area contributed by atoms with Gasteiger partial charge in [-0.2, -0.15) is 0 Å². The fourth-order valence-corrected chi connectivity index (χ4v) is 4.92. The summed E-state index contributed by atoms with van der Waals surface area (Å²) in [7, 11) is 1.68. The maximum atomic E-state index is 13.1. The highest BCUT2D eigenvalue weighted by atomic mass is 79.9. The number of hydrogen-bond donors (Lipinski definition) is 1. The molecule has 0 unspecified atom stereocenters. The number of para-hydroxylation sites is 1. The molecule has 9 heteroatoms. The van der Waals surface area contributed by atoms with Gasteiger partial charge in [0.15, 0.2) is 0 Å². The van der Waals surface area contributed by atoms with E-state index in [1.807, 2.05) is 53.4 Å². The molecule has 1 N–H and O–H groups in total. The van der Waals surface area contributed by atoms with Gasteiger partial charge < -0.3 is 24.6 Å². The van der Waals surface area contributed by atoms with E-state index in [1.165, 1.54) is 0 Å². The number of amides is 2. The quantitative estimate of drug-likeness (QED) is 0.523. The first-order chi connectivity index (χ1) is 17.1. The molecule has 2 aromatic carbocycles. The van der Waals surface area contributed by atoms with Gasteiger partial charge >= 0.3 is 6.03 Å². The van der Waals surface area contributed by atoms with Crippen molar-refractivity contribution in [2.24, 2.45) is 0 Å². The number of hydrogen-bond acceptors (Lipinski definition) is 6. The topological polar surface area (TPSA) is 79.8 Å². The molecule has 0 bridgehead atoms. The minimum atomic E-state index is -0.125. The van der Waals surface area contributed by atoms with E-state index in [9.17, 15) is 4.79 Å². The number of fused-ring (bicyclic) bond motifs is 1. The number of benzene rings is 2. The number of morpholine rings is 1. The van der Waals surface area contributed by atoms with Crippen molar-refractivity contribution in [2.75, 3.05) is 50.2 Å². The number of carbonyl (C=O) groups excluding carboxylic acids is 1. The molecule has 3 heterocycles. The molecule has 0 spiro atoms. The lowest BCUT2D eigenvalue weighted by atomic mass is 10.0. The summed E-state index contributed by atoms with van der Waals surface area (Å²) in [5, 5.41) is 3.01. The molecule has 8 nitrogen and oxygen atoms in total. The highest BCUT2D eigenvalue weighted by Gasteiger charge is 2.28. The molecular formula is C26H28BrN5O3. The molecule has 3 aromatic rings. The molecule has 0 saturated carbocycles. The predicted octanol–water partition coefficient (Wildman–Crippen LogP) is 4.27. The van der Waals surface area contributed by atoms with Crippen LogP contribution in [0.2, 0.25) is 0 Å². The lowest BCUT2D eigenvalue weighted by Crippen LogP contribution is -2.42. The maximum Gasteiger partial charge on any atom is 0.322 e. The van der Waals surface area contributed by atoms with E-state index in [0.29, 0.717) is 39.1 Å². The molecular weight excluding hydrogens is 510 g/mol. The van der Waals surface area contributed by atoms with Crippen LogP contribution in [0.5, 0.6) is 5.75 Å². The fourth-order valence-electron chi connectivity index (χ4n) is 4.52. The van der Waals surface area contributed by atoms with Crippen molar-refractivity contribution < 1.29 is 14.3 Å². The van der Waals surface area contributed by atoms with Crippen LogP contribution < -0.4 is 15.0 Å². The van der Waals surface area contributed by atoms with Gasteiger partial charge in [-0.25, -0.2) is 14.8 Å². The molecule has 0 aliphatic carbocycles. The Hall–Kier alpha value is -3.17. The number of halogens is 1. The second kappa shape index (κ2) is 10.6. The third kappa shape index (κ3) is 5.41. The molecule has 0 radical (unpaired) electrons. The van der Waals surface area contributed by atoms with Crippen molar-refractivity contribution in [2.45, 2.75) is 19.4 Å². The monoisotopic (exact) mass is 537 g/mol. The summed E-state index contributed by atoms with van der Waals surface area (Å²) in [5.41, 5.74) is 3.84. The Bertz CT molecular complexity index is 1220. The van der Waals surface area contributed by atoms with Gasteiger partial charge in [-0.05, 0) is 24.3 Å². The number of anilines is 2. The molecule has 1 fully saturated rings. The summed E-state index contributed by atoms with van der Waals surface area (Å²) in [6.45, 7) is 3.92. The van der Waals surface area contributed by atoms with E-state index in [1.54, 1.807) is 7.11 Å². The van der Waals surface area contributed by atoms with Crippen molar-refractivity contribution in [3.8, 4) is 5.75 Å². The third-order valence-electron chi connectivity index (χ3n) is 6.30. The lowest BCUT2D eigenvalue weighted by Gasteiger charge is -2.34. The number of methoxy groups -OCH3 is 1. The number of rotatable bonds is 5. The zero-order valence-electron chi connectivity index (χ0n) is 19.7. The van der Waals surface area contributed by atoms with Crippen LogP contribution >= 0.6 is 15.9 Å². The fraction of sp³-hybridized carbons (Fsp3) is 0.346. The minimum absolute atomic E-state index is 0.125. The molecule has 1 aromatic heterocycles. The average molecular weight is 538 g/mol. The summed E-state index contributed by atoms with van der Waals surface area (Å²) < 4.78 is 12.0. The van der Waals surface area contributed by atoms with E-state index in [0.717, 1.165) is 57.5 Å². The Balaban J connectivity index is 1.43. The standard InChI is InChI=1S/C26H28BrN5O3/c1-34-23-8-3-2-5-18(23)15-24-29-22-9-10-32(26(33)28-20-7-4-6-19(27)16-20)17-21(22)25(30-24)31-11-13-35-14-12-31/h2-8,16H,9-15,17H2,1H3,(H,28,33). The van der Waals surface area contributed by atoms with Gasteiger partial charge in [0.25, 0.3) is 0 Å². The lowest BCUT2D eigenvalue weighted by molar-refractivity contribution is 0.122. The van der Waals surface area contributed by atoms with Crippen LogP contribution in [0.1, 0.15) is 22.6 Å². The van der Waals surface area contributed by atoms with E-state index in [4.69, 9.17) is 19.4 Å². The number of carbonyl (C=O) groups is 1. The number of aromatic nitrogens is 2. The second-order valence-electron chi connectivity index (χ2n) is 8.59. The number of nitrogens with one attached hydrogen (secondary N) is 1. The van der Waals surface area contributed by atoms with Crippen LogP contribution in [-0.2, 0) is 24.1 Å². The molecule has 2 amide bonds. The maximum absolute atomic E-state index is 13.1. The van der Waals surface area contributed by atoms with Gasteiger partial charge in [0.1, 0.15) is 17.4 Å². The Morgan fingerprint density at radius 3 is 2.74 bits per heavy atom. The second-order valence-corrected chi connectivity index (χ2v) is 9.50. The van der Waals surface area contributed by atoms with Crippen molar-refractivity contribution >= 4 is 33.5 Å². The van der Waals surface area contributed by atoms with Crippen molar-refractivity contribution in [3.05, 3.63) is 75.6 Å². The first-order valence-corrected chi connectivity index (χ1v) is 12.5. The highest BCUT2D eigenvalue weighted by molar-refractivity contribution is 9.10. The van der Waals surface area contributed by atoms with Crippen LogP contribution in [-0.4, -0.2) is 60.9 Å². The minimum Gasteiger partial charge on any atom is -0.496 e. The largest absolute Gasteiger partial charge is 0.496 e. The first-order valence-electron chi connectivity index (χ1n) is 11.8. The average Bonchev–Trinajstić information content (AvgIpc) is 2.89. The van der Waals surface area contributed by atoms with Gasteiger partial charge in [0, 0.05) is 53.8 Å². The molecule has 5 rings (SSSR count). The SMILES string of the molecule is COc1ccccc1Cc1nc2c(c(N3CCOCC3)n1)CN(C(=O)Nc1cccc(Br)c1)CC2. The molecule has 0 atom stereocenters. The Labute approximate surface area is 213 Å². The highest BCUT2D eigenvalue weighted by Crippen LogP contribution is 2.29. The normalized spacial score (nSPS) is 15.5. The summed E-state index contributed by atoms with van der Waals surface area (Å²) in [4.78, 5) is 27.1. The summed E-state index contributed by atoms with van der Waals surface area (Å²) in [6.07, 6.45) is 1.27. The Morgan fingerprint density at radius 1 is 1.11 bits per heavy atom. The number of nitrogens with zero attached hydrogens (tertiary/aromatic N) is 4. The number of ether oxygens (including phenoxy) is 2. The molecule has 2 aliphatic heterocycles. The molecule has 2 aliphatic rings. The molecule has 35 heavy (non-hydrogen) atoms. The van der Waals surface area contributed by atoms with Crippen LogP contribution in [0.3, 0.4) is 0 Å². The summed E-state index contributed by atoms with van der Waals surface area (Å²) in [5.74, 6) is 2.50. The van der Waals surface area contributed by atoms with Gasteiger partial charge in [-0.3, -0.25) is 0 Å². The van der Waals surface area contributed by atoms with Crippen LogP contribution in [0.15, 0.2) is 53.0 Å². The van der Waals surface area contributed by atoms with Crippen molar-refractivity contribution in [1.82, 2.24) is 14.9 Å². The van der Waals surface area contributed by atoms with Crippen LogP contribution in [0.25, 0.3) is 0 Å². The van der Waals surface area contributed by atoms with Crippen LogP contribution in [0, 0.1) is 0 Å². The zero-order valence-corrected chi connectivity index (χ0v) is 21.3. The van der Waals surface area contributed by atoms with Crippen LogP contribution in [0.4, 0.5) is 16.3 Å². The van der Waals surface area contributed by atoms with Gasteiger partial charge in [0.05, 0.1) is 32.6 Å². The van der Waals surface area contributed by atoms with E-state index >= 15 is 0 Å². The van der Waals surface area contributed by atoms with Gasteiger partial charge in [-0.15, -0.1) is 0 Å². The van der Waals surface area contributed by atoms with Crippen molar-refractivity contribution in [3.63, 3.8) is 0 Å². The van der Waals surface area contributed by atoms with E-state index < -0.39 is 0 Å². The smallest absolute Gasteiger partial charge is 0.322 e. The first kappa shape index (κ1) is 23.6. The van der Waals surface area contributed by atoms with Crippen molar-refractivity contribution in [1.29, 1.82) is 0 Å². The van der Waals surface area contributed by atoms with Gasteiger partial charge in [-0.1, -0.05) is 40.2 Å². The van der Waals surface area contributed by atoms with Gasteiger partial charge in [0.2, 0.25) is 0 Å². The number of urea groups is 1. The summed E-state index contributed by atoms with van der Waals surface area (Å²) >= 11 is 3.46. The zero-order chi connectivity index (χ0) is 24.2. The third-order valence-corrected chi connectivity index (χ3v) is 6.79. The van der Waals surface area contributed by atoms with E-state index in [2.05, 4.69) is 26.1 Å².